The van der Waals surface area contributed by atoms with Crippen LogP contribution in [0, 0.1) is 22.3 Å². The van der Waals surface area contributed by atoms with E-state index in [-0.39, 0.29) is 43.3 Å². The molecule has 0 unspecified atom stereocenters. The number of hydrogen-bond acceptors (Lipinski definition) is 1. The summed E-state index contributed by atoms with van der Waals surface area (Å²) in [4.78, 5) is 0. The number of hydrogen-bond donors (Lipinski definition) is 1. The minimum Gasteiger partial charge on any atom is -0.358 e. The monoisotopic (exact) mass is 365 g/mol. The Morgan fingerprint density at radius 2 is 1.46 bits per heavy atom. The zero-order valence-electron chi connectivity index (χ0n) is 9.54. The molecule has 1 aliphatic carbocycles. The normalized spacial score (nSPS) is 13.8. The van der Waals surface area contributed by atoms with Crippen LogP contribution in [0.1, 0.15) is 26.7 Å². The van der Waals surface area contributed by atoms with Gasteiger partial charge in [0.1, 0.15) is 0 Å². The Bertz CT molecular complexity index is 103. The van der Waals surface area contributed by atoms with Crippen LogP contribution in [-0.4, -0.2) is 12.1 Å². The van der Waals surface area contributed by atoms with Crippen molar-refractivity contribution >= 4 is 0 Å². The van der Waals surface area contributed by atoms with E-state index in [0.717, 1.165) is 6.04 Å². The smallest absolute Gasteiger partial charge is 0.358 e. The Labute approximate surface area is 99.6 Å². The summed E-state index contributed by atoms with van der Waals surface area (Å²) in [5.41, 5.74) is 0. The van der Waals surface area contributed by atoms with Crippen LogP contribution in [0.15, 0.2) is 12.2 Å². The molecule has 0 radical (unpaired) electrons. The molecule has 0 spiro atoms. The predicted molar refractivity (Wildman–Crippen MR) is 59.7 cm³/mol. The fourth-order valence-corrected chi connectivity index (χ4v) is 1.22. The third kappa shape index (κ3) is 10.3. The van der Waals surface area contributed by atoms with E-state index < -0.39 is 0 Å². The van der Waals surface area contributed by atoms with Crippen molar-refractivity contribution in [3.05, 3.63) is 34.4 Å². The van der Waals surface area contributed by atoms with Crippen LogP contribution >= 0.6 is 0 Å². The van der Waals surface area contributed by atoms with Gasteiger partial charge in [-0.05, 0) is 12.8 Å². The zero-order chi connectivity index (χ0) is 6.69. The Morgan fingerprint density at radius 3 is 1.77 bits per heavy atom. The molecule has 1 rings (SSSR count). The molecule has 0 saturated carbocycles. The van der Waals surface area contributed by atoms with E-state index in [1.54, 1.807) is 0 Å². The van der Waals surface area contributed by atoms with Crippen molar-refractivity contribution in [3.63, 3.8) is 0 Å². The molecule has 0 aromatic rings. The molecule has 1 nitrogen and oxygen atoms in total. The molecule has 0 aromatic carbocycles. The quantitative estimate of drug-likeness (QED) is 0.586. The van der Waals surface area contributed by atoms with Crippen LogP contribution < -0.4 is 5.32 Å². The summed E-state index contributed by atoms with van der Waals surface area (Å²) in [5.74, 6) is 0. The first-order valence-electron chi connectivity index (χ1n) is 3.70. The molecule has 82 valence electrons. The molecule has 1 aliphatic rings. The summed E-state index contributed by atoms with van der Waals surface area (Å²) in [5, 5.41) is 3.48. The van der Waals surface area contributed by atoms with Gasteiger partial charge in [0, 0.05) is 12.1 Å². The van der Waals surface area contributed by atoms with Crippen LogP contribution in [0.2, 0.25) is 0 Å². The van der Waals surface area contributed by atoms with Crippen molar-refractivity contribution in [1.82, 2.24) is 5.32 Å². The van der Waals surface area contributed by atoms with Crippen LogP contribution in [0.25, 0.3) is 0 Å². The minimum atomic E-state index is 0. The number of nitrogens with one attached hydrogen (secondary N) is 1. The van der Waals surface area contributed by atoms with Crippen molar-refractivity contribution in [2.75, 3.05) is 0 Å². The predicted octanol–water partition coefficient (Wildman–Crippen LogP) is 3.05. The molecule has 2 heteroatoms. The van der Waals surface area contributed by atoms with Gasteiger partial charge in [-0.15, -0.1) is 0 Å². The van der Waals surface area contributed by atoms with Crippen molar-refractivity contribution < 1.29 is 21.1 Å². The van der Waals surface area contributed by atoms with Crippen molar-refractivity contribution in [2.24, 2.45) is 0 Å². The van der Waals surface area contributed by atoms with Gasteiger partial charge in [-0.1, -0.05) is 26.0 Å². The van der Waals surface area contributed by atoms with Gasteiger partial charge in [0.25, 0.3) is 0 Å². The van der Waals surface area contributed by atoms with Crippen molar-refractivity contribution in [1.29, 1.82) is 0 Å². The summed E-state index contributed by atoms with van der Waals surface area (Å²) in [6.07, 6.45) is 6.94. The molecule has 0 atom stereocenters. The Balaban J connectivity index is -0.000000101. The maximum Gasteiger partial charge on any atom is 4.00 e. The SMILES string of the molecule is CC(C)NC1CC=CC1.[CH3-].[CH3-].[CH3-].[Pt+4]. The van der Waals surface area contributed by atoms with Crippen molar-refractivity contribution in [2.45, 2.75) is 38.8 Å². The van der Waals surface area contributed by atoms with E-state index in [9.17, 15) is 0 Å². The van der Waals surface area contributed by atoms with Gasteiger partial charge < -0.3 is 27.6 Å². The molecule has 1 N–H and O–H groups in total. The van der Waals surface area contributed by atoms with E-state index in [2.05, 4.69) is 31.3 Å². The average molecular weight is 365 g/mol. The number of rotatable bonds is 2. The van der Waals surface area contributed by atoms with Gasteiger partial charge in [-0.25, -0.2) is 0 Å². The van der Waals surface area contributed by atoms with E-state index in [0.29, 0.717) is 6.04 Å². The second kappa shape index (κ2) is 12.4. The summed E-state index contributed by atoms with van der Waals surface area (Å²) in [6.45, 7) is 4.39. The van der Waals surface area contributed by atoms with Gasteiger partial charge >= 0.3 is 21.1 Å². The largest absolute Gasteiger partial charge is 4.00 e. The molecule has 0 saturated heterocycles. The van der Waals surface area contributed by atoms with Gasteiger partial charge in [0.05, 0.1) is 0 Å². The molecule has 0 bridgehead atoms. The van der Waals surface area contributed by atoms with Crippen LogP contribution in [-0.2, 0) is 21.1 Å². The van der Waals surface area contributed by atoms with Crippen molar-refractivity contribution in [3.8, 4) is 0 Å². The molecule has 13 heavy (non-hydrogen) atoms. The molecular weight excluding hydrogens is 341 g/mol. The standard InChI is InChI=1S/C8H15N.3CH3.Pt/c1-7(2)9-8-5-3-4-6-8;;;;/h3-4,7-9H,5-6H2,1-2H3;3*1H3;/q;3*-1;+4. The topological polar surface area (TPSA) is 12.0 Å². The second-order valence-corrected chi connectivity index (χ2v) is 2.96. The average Bonchev–Trinajstić information content (AvgIpc) is 2.15. The Morgan fingerprint density at radius 1 is 1.08 bits per heavy atom. The Kier molecular flexibility index (Phi) is 22.2. The molecule has 0 aromatic heterocycles. The summed E-state index contributed by atoms with van der Waals surface area (Å²) < 4.78 is 0. The minimum absolute atomic E-state index is 0. The van der Waals surface area contributed by atoms with E-state index in [1.807, 2.05) is 0 Å². The molecule has 0 fully saturated rings. The molecule has 0 heterocycles. The third-order valence-electron chi connectivity index (χ3n) is 1.58. The maximum absolute atomic E-state index is 3.48. The van der Waals surface area contributed by atoms with Crippen LogP contribution in [0.5, 0.6) is 0 Å². The fraction of sp³-hybridized carbons (Fsp3) is 0.545. The molecule has 0 amide bonds. The molecular formula is C11H24NPt+. The Hall–Kier alpha value is 0.388. The third-order valence-corrected chi connectivity index (χ3v) is 1.58. The van der Waals surface area contributed by atoms with Crippen LogP contribution in [0.4, 0.5) is 0 Å². The zero-order valence-corrected chi connectivity index (χ0v) is 11.8. The summed E-state index contributed by atoms with van der Waals surface area (Å²) in [7, 11) is 0. The first-order chi connectivity index (χ1) is 4.29. The van der Waals surface area contributed by atoms with Gasteiger partial charge in [0.2, 0.25) is 0 Å². The second-order valence-electron chi connectivity index (χ2n) is 2.96. The summed E-state index contributed by atoms with van der Waals surface area (Å²) >= 11 is 0. The summed E-state index contributed by atoms with van der Waals surface area (Å²) in [6, 6.07) is 1.36. The first kappa shape index (κ1) is 23.3. The van der Waals surface area contributed by atoms with E-state index in [4.69, 9.17) is 0 Å². The van der Waals surface area contributed by atoms with Gasteiger partial charge in [-0.3, -0.25) is 0 Å². The fourth-order valence-electron chi connectivity index (χ4n) is 1.22. The van der Waals surface area contributed by atoms with Gasteiger partial charge in [0.15, 0.2) is 0 Å². The van der Waals surface area contributed by atoms with E-state index >= 15 is 0 Å². The van der Waals surface area contributed by atoms with Gasteiger partial charge in [-0.2, -0.15) is 0 Å². The first-order valence-corrected chi connectivity index (χ1v) is 3.70. The van der Waals surface area contributed by atoms with Crippen LogP contribution in [0.3, 0.4) is 0 Å². The van der Waals surface area contributed by atoms with E-state index in [1.165, 1.54) is 12.8 Å². The molecule has 0 aliphatic heterocycles. The maximum atomic E-state index is 3.48.